The minimum Gasteiger partial charge on any atom is -0.276 e. The fourth-order valence-corrected chi connectivity index (χ4v) is 3.52. The SMILES string of the molecule is N#Cc1ccc(C(Cc2ccccc2)N=C(c2ccccc2)c2ccccc2)cc1. The van der Waals surface area contributed by atoms with Gasteiger partial charge < -0.3 is 0 Å². The van der Waals surface area contributed by atoms with Gasteiger partial charge in [0.05, 0.1) is 23.4 Å². The van der Waals surface area contributed by atoms with E-state index in [1.165, 1.54) is 5.56 Å². The van der Waals surface area contributed by atoms with E-state index < -0.39 is 0 Å². The molecule has 2 heteroatoms. The Morgan fingerprint density at radius 3 is 1.67 bits per heavy atom. The molecule has 0 aliphatic rings. The Hall–Kier alpha value is -3.96. The highest BCUT2D eigenvalue weighted by molar-refractivity contribution is 6.13. The summed E-state index contributed by atoms with van der Waals surface area (Å²) >= 11 is 0. The van der Waals surface area contributed by atoms with Crippen molar-refractivity contribution >= 4 is 5.71 Å². The van der Waals surface area contributed by atoms with Crippen LogP contribution in [0.25, 0.3) is 0 Å². The highest BCUT2D eigenvalue weighted by atomic mass is 14.8. The van der Waals surface area contributed by atoms with Crippen molar-refractivity contribution in [1.82, 2.24) is 0 Å². The van der Waals surface area contributed by atoms with Crippen molar-refractivity contribution in [1.29, 1.82) is 5.26 Å². The topological polar surface area (TPSA) is 36.1 Å². The monoisotopic (exact) mass is 386 g/mol. The molecule has 0 fully saturated rings. The summed E-state index contributed by atoms with van der Waals surface area (Å²) in [6.07, 6.45) is 0.788. The summed E-state index contributed by atoms with van der Waals surface area (Å²) in [5, 5.41) is 9.17. The molecule has 4 aromatic carbocycles. The lowest BCUT2D eigenvalue weighted by atomic mass is 9.96. The molecule has 0 bridgehead atoms. The number of nitriles is 1. The number of aliphatic imine (C=N–C) groups is 1. The van der Waals surface area contributed by atoms with Gasteiger partial charge in [0.15, 0.2) is 0 Å². The van der Waals surface area contributed by atoms with Gasteiger partial charge in [0, 0.05) is 11.1 Å². The third-order valence-electron chi connectivity index (χ3n) is 5.08. The molecule has 1 unspecified atom stereocenters. The number of rotatable bonds is 6. The lowest BCUT2D eigenvalue weighted by molar-refractivity contribution is 0.725. The summed E-state index contributed by atoms with van der Waals surface area (Å²) < 4.78 is 0. The first-order valence-electron chi connectivity index (χ1n) is 10.1. The van der Waals surface area contributed by atoms with E-state index in [4.69, 9.17) is 10.3 Å². The molecule has 0 saturated heterocycles. The third kappa shape index (κ3) is 4.71. The van der Waals surface area contributed by atoms with E-state index in [0.29, 0.717) is 5.56 Å². The van der Waals surface area contributed by atoms with E-state index in [1.54, 1.807) is 0 Å². The van der Waals surface area contributed by atoms with Gasteiger partial charge in [-0.05, 0) is 29.7 Å². The van der Waals surface area contributed by atoms with Gasteiger partial charge in [-0.25, -0.2) is 0 Å². The molecule has 0 N–H and O–H groups in total. The van der Waals surface area contributed by atoms with Crippen molar-refractivity contribution in [3.8, 4) is 6.07 Å². The minimum atomic E-state index is -0.0597. The average Bonchev–Trinajstić information content (AvgIpc) is 2.83. The molecule has 0 radical (unpaired) electrons. The molecule has 2 nitrogen and oxygen atoms in total. The van der Waals surface area contributed by atoms with Crippen LogP contribution < -0.4 is 0 Å². The second-order valence-electron chi connectivity index (χ2n) is 7.15. The van der Waals surface area contributed by atoms with Gasteiger partial charge in [0.25, 0.3) is 0 Å². The van der Waals surface area contributed by atoms with E-state index in [2.05, 4.69) is 54.6 Å². The lowest BCUT2D eigenvalue weighted by Crippen LogP contribution is -2.09. The van der Waals surface area contributed by atoms with Crippen molar-refractivity contribution in [3.63, 3.8) is 0 Å². The van der Waals surface area contributed by atoms with Crippen LogP contribution >= 0.6 is 0 Å². The molecule has 0 aliphatic heterocycles. The maximum Gasteiger partial charge on any atom is 0.0991 e. The minimum absolute atomic E-state index is 0.0597. The number of hydrogen-bond donors (Lipinski definition) is 0. The van der Waals surface area contributed by atoms with Crippen LogP contribution in [0.15, 0.2) is 120 Å². The highest BCUT2D eigenvalue weighted by Gasteiger charge is 2.15. The first-order valence-corrected chi connectivity index (χ1v) is 10.1. The molecule has 0 amide bonds. The summed E-state index contributed by atoms with van der Waals surface area (Å²) in [5.74, 6) is 0. The maximum atomic E-state index is 9.17. The molecule has 0 saturated carbocycles. The van der Waals surface area contributed by atoms with Crippen LogP contribution in [0, 0.1) is 11.3 Å². The van der Waals surface area contributed by atoms with Crippen LogP contribution in [-0.2, 0) is 6.42 Å². The molecule has 0 aromatic heterocycles. The van der Waals surface area contributed by atoms with E-state index in [1.807, 2.05) is 66.7 Å². The summed E-state index contributed by atoms with van der Waals surface area (Å²) in [6.45, 7) is 0. The summed E-state index contributed by atoms with van der Waals surface area (Å²) in [7, 11) is 0. The largest absolute Gasteiger partial charge is 0.276 e. The molecule has 144 valence electrons. The summed E-state index contributed by atoms with van der Waals surface area (Å²) in [6, 6.07) is 41.0. The van der Waals surface area contributed by atoms with E-state index >= 15 is 0 Å². The molecule has 4 rings (SSSR count). The quantitative estimate of drug-likeness (QED) is 0.354. The molecule has 0 aliphatic carbocycles. The van der Waals surface area contributed by atoms with Crippen LogP contribution in [0.1, 0.15) is 33.9 Å². The molecule has 4 aromatic rings. The van der Waals surface area contributed by atoms with Crippen LogP contribution in [0.2, 0.25) is 0 Å². The Bertz CT molecular complexity index is 1100. The second-order valence-corrected chi connectivity index (χ2v) is 7.15. The fourth-order valence-electron chi connectivity index (χ4n) is 3.52. The molecule has 30 heavy (non-hydrogen) atoms. The number of benzene rings is 4. The Morgan fingerprint density at radius 1 is 0.667 bits per heavy atom. The first-order chi connectivity index (χ1) is 14.8. The number of hydrogen-bond acceptors (Lipinski definition) is 2. The van der Waals surface area contributed by atoms with Gasteiger partial charge in [-0.15, -0.1) is 0 Å². The smallest absolute Gasteiger partial charge is 0.0991 e. The van der Waals surface area contributed by atoms with Crippen molar-refractivity contribution in [2.24, 2.45) is 4.99 Å². The van der Waals surface area contributed by atoms with E-state index in [0.717, 1.165) is 28.8 Å². The van der Waals surface area contributed by atoms with Crippen LogP contribution in [0.3, 0.4) is 0 Å². The van der Waals surface area contributed by atoms with Crippen molar-refractivity contribution in [2.45, 2.75) is 12.5 Å². The zero-order valence-electron chi connectivity index (χ0n) is 16.6. The van der Waals surface area contributed by atoms with Gasteiger partial charge >= 0.3 is 0 Å². The summed E-state index contributed by atoms with van der Waals surface area (Å²) in [5.41, 5.74) is 6.15. The molecule has 0 spiro atoms. The van der Waals surface area contributed by atoms with Gasteiger partial charge in [-0.1, -0.05) is 103 Å². The predicted molar refractivity (Wildman–Crippen MR) is 123 cm³/mol. The Kier molecular flexibility index (Phi) is 6.13. The fraction of sp³-hybridized carbons (Fsp3) is 0.0714. The van der Waals surface area contributed by atoms with E-state index in [-0.39, 0.29) is 6.04 Å². The molecule has 0 heterocycles. The van der Waals surface area contributed by atoms with Gasteiger partial charge in [0.1, 0.15) is 0 Å². The predicted octanol–water partition coefficient (Wildman–Crippen LogP) is 6.38. The highest BCUT2D eigenvalue weighted by Crippen LogP contribution is 2.26. The average molecular weight is 386 g/mol. The Morgan fingerprint density at radius 2 is 1.17 bits per heavy atom. The van der Waals surface area contributed by atoms with Crippen LogP contribution in [0.5, 0.6) is 0 Å². The maximum absolute atomic E-state index is 9.17. The molecule has 1 atom stereocenters. The molecular formula is C28H22N2. The van der Waals surface area contributed by atoms with Crippen molar-refractivity contribution in [3.05, 3.63) is 143 Å². The van der Waals surface area contributed by atoms with Crippen molar-refractivity contribution in [2.75, 3.05) is 0 Å². The zero-order chi connectivity index (χ0) is 20.6. The normalized spacial score (nSPS) is 11.3. The standard InChI is InChI=1S/C28H22N2/c29-21-23-16-18-24(19-17-23)27(20-22-10-4-1-5-11-22)30-28(25-12-6-2-7-13-25)26-14-8-3-9-15-26/h1-19,27H,20H2. The first kappa shape index (κ1) is 19.4. The summed E-state index contributed by atoms with van der Waals surface area (Å²) in [4.78, 5) is 5.27. The van der Waals surface area contributed by atoms with Crippen LogP contribution in [-0.4, -0.2) is 5.71 Å². The van der Waals surface area contributed by atoms with Crippen LogP contribution in [0.4, 0.5) is 0 Å². The Balaban J connectivity index is 1.82. The third-order valence-corrected chi connectivity index (χ3v) is 5.08. The van der Waals surface area contributed by atoms with Crippen molar-refractivity contribution < 1.29 is 0 Å². The second kappa shape index (κ2) is 9.49. The number of nitrogens with zero attached hydrogens (tertiary/aromatic N) is 2. The molecular weight excluding hydrogens is 364 g/mol. The van der Waals surface area contributed by atoms with Gasteiger partial charge in [-0.2, -0.15) is 5.26 Å². The van der Waals surface area contributed by atoms with E-state index in [9.17, 15) is 0 Å². The Labute approximate surface area is 177 Å². The zero-order valence-corrected chi connectivity index (χ0v) is 16.6. The lowest BCUT2D eigenvalue weighted by Gasteiger charge is -2.17. The van der Waals surface area contributed by atoms with Gasteiger partial charge in [-0.3, -0.25) is 4.99 Å². The van der Waals surface area contributed by atoms with Gasteiger partial charge in [0.2, 0.25) is 0 Å².